The molecule has 0 aliphatic rings. The summed E-state index contributed by atoms with van der Waals surface area (Å²) < 4.78 is 33.0. The number of hydrogen-bond donors (Lipinski definition) is 1. The molecule has 6 heteroatoms. The maximum absolute atomic E-state index is 12.0. The van der Waals surface area contributed by atoms with Crippen LogP contribution in [0.3, 0.4) is 0 Å². The first-order valence-corrected chi connectivity index (χ1v) is 10.3. The molecule has 3 aromatic rings. The standard InChI is InChI=1S/C19H18BrNO3S/c1-12-8-9-18(24-2)15(10-12)16-11-17(20)13-6-4-5-7-14(13)19(16)21-25(3,22)23/h4-11,21H,1-3H3. The van der Waals surface area contributed by atoms with Gasteiger partial charge in [-0.25, -0.2) is 8.42 Å². The van der Waals surface area contributed by atoms with E-state index in [0.29, 0.717) is 11.4 Å². The lowest BCUT2D eigenvalue weighted by atomic mass is 9.97. The van der Waals surface area contributed by atoms with Gasteiger partial charge in [0.15, 0.2) is 0 Å². The Morgan fingerprint density at radius 1 is 1.00 bits per heavy atom. The zero-order valence-corrected chi connectivity index (χ0v) is 16.5. The van der Waals surface area contributed by atoms with Gasteiger partial charge in [-0.3, -0.25) is 4.72 Å². The Morgan fingerprint density at radius 2 is 1.68 bits per heavy atom. The number of fused-ring (bicyclic) bond motifs is 1. The first-order chi connectivity index (χ1) is 11.8. The van der Waals surface area contributed by atoms with Crippen molar-refractivity contribution >= 4 is 42.4 Å². The van der Waals surface area contributed by atoms with Crippen LogP contribution in [0.1, 0.15) is 5.56 Å². The molecule has 130 valence electrons. The third kappa shape index (κ3) is 3.65. The molecule has 0 saturated heterocycles. The summed E-state index contributed by atoms with van der Waals surface area (Å²) >= 11 is 3.61. The molecule has 0 aliphatic carbocycles. The Balaban J connectivity index is 2.42. The van der Waals surface area contributed by atoms with E-state index in [1.807, 2.05) is 55.5 Å². The summed E-state index contributed by atoms with van der Waals surface area (Å²) in [6, 6.07) is 15.4. The second-order valence-corrected chi connectivity index (χ2v) is 8.51. The number of ether oxygens (including phenoxy) is 1. The molecule has 0 amide bonds. The number of rotatable bonds is 4. The summed E-state index contributed by atoms with van der Waals surface area (Å²) in [6.07, 6.45) is 1.15. The normalized spacial score (nSPS) is 11.5. The van der Waals surface area contributed by atoms with Gasteiger partial charge in [-0.15, -0.1) is 0 Å². The molecule has 0 fully saturated rings. The number of halogens is 1. The van der Waals surface area contributed by atoms with Crippen LogP contribution in [-0.4, -0.2) is 21.8 Å². The van der Waals surface area contributed by atoms with Crippen LogP contribution in [0.2, 0.25) is 0 Å². The van der Waals surface area contributed by atoms with Crippen LogP contribution in [0, 0.1) is 6.92 Å². The van der Waals surface area contributed by atoms with E-state index >= 15 is 0 Å². The zero-order chi connectivity index (χ0) is 18.2. The van der Waals surface area contributed by atoms with E-state index in [9.17, 15) is 8.42 Å². The Labute approximate surface area is 156 Å². The minimum absolute atomic E-state index is 0.546. The monoisotopic (exact) mass is 419 g/mol. The zero-order valence-electron chi connectivity index (χ0n) is 14.1. The molecule has 0 saturated carbocycles. The van der Waals surface area contributed by atoms with Crippen molar-refractivity contribution in [2.45, 2.75) is 6.92 Å². The third-order valence-electron chi connectivity index (χ3n) is 3.93. The first kappa shape index (κ1) is 17.8. The van der Waals surface area contributed by atoms with Gasteiger partial charge in [0, 0.05) is 21.0 Å². The van der Waals surface area contributed by atoms with Crippen molar-refractivity contribution in [3.05, 3.63) is 58.6 Å². The van der Waals surface area contributed by atoms with Crippen molar-refractivity contribution < 1.29 is 13.2 Å². The molecular weight excluding hydrogens is 402 g/mol. The fourth-order valence-electron chi connectivity index (χ4n) is 2.87. The predicted molar refractivity (Wildman–Crippen MR) is 107 cm³/mol. The van der Waals surface area contributed by atoms with Gasteiger partial charge in [-0.2, -0.15) is 0 Å². The molecule has 4 nitrogen and oxygen atoms in total. The highest BCUT2D eigenvalue weighted by Crippen LogP contribution is 2.43. The van der Waals surface area contributed by atoms with Crippen molar-refractivity contribution in [3.8, 4) is 16.9 Å². The van der Waals surface area contributed by atoms with E-state index in [2.05, 4.69) is 20.7 Å². The van der Waals surface area contributed by atoms with Gasteiger partial charge >= 0.3 is 0 Å². The number of hydrogen-bond acceptors (Lipinski definition) is 3. The number of sulfonamides is 1. The molecule has 1 N–H and O–H groups in total. The smallest absolute Gasteiger partial charge is 0.229 e. The highest BCUT2D eigenvalue weighted by atomic mass is 79.9. The fraction of sp³-hybridized carbons (Fsp3) is 0.158. The van der Waals surface area contributed by atoms with Crippen LogP contribution in [0.4, 0.5) is 5.69 Å². The van der Waals surface area contributed by atoms with Gasteiger partial charge in [0.25, 0.3) is 0 Å². The lowest BCUT2D eigenvalue weighted by molar-refractivity contribution is 0.416. The minimum atomic E-state index is -3.45. The Bertz CT molecular complexity index is 1060. The van der Waals surface area contributed by atoms with Crippen LogP contribution in [0.15, 0.2) is 53.0 Å². The second-order valence-electron chi connectivity index (χ2n) is 5.90. The molecule has 3 aromatic carbocycles. The lowest BCUT2D eigenvalue weighted by Crippen LogP contribution is -2.11. The fourth-order valence-corrected chi connectivity index (χ4v) is 4.04. The van der Waals surface area contributed by atoms with Gasteiger partial charge in [-0.05, 0) is 30.5 Å². The van der Waals surface area contributed by atoms with E-state index in [0.717, 1.165) is 38.2 Å². The highest BCUT2D eigenvalue weighted by molar-refractivity contribution is 9.10. The van der Waals surface area contributed by atoms with E-state index < -0.39 is 10.0 Å². The molecular formula is C19H18BrNO3S. The van der Waals surface area contributed by atoms with E-state index in [4.69, 9.17) is 4.74 Å². The van der Waals surface area contributed by atoms with Gasteiger partial charge < -0.3 is 4.74 Å². The molecule has 0 aliphatic heterocycles. The summed E-state index contributed by atoms with van der Waals surface area (Å²) in [5.41, 5.74) is 3.20. The summed E-state index contributed by atoms with van der Waals surface area (Å²) in [6.45, 7) is 1.99. The Hall–Kier alpha value is -2.05. The van der Waals surface area contributed by atoms with Gasteiger partial charge in [0.2, 0.25) is 10.0 Å². The molecule has 0 unspecified atom stereocenters. The maximum atomic E-state index is 12.0. The highest BCUT2D eigenvalue weighted by Gasteiger charge is 2.18. The molecule has 0 aromatic heterocycles. The maximum Gasteiger partial charge on any atom is 0.229 e. The van der Waals surface area contributed by atoms with E-state index in [-0.39, 0.29) is 0 Å². The number of benzene rings is 3. The SMILES string of the molecule is COc1ccc(C)cc1-c1cc(Br)c2ccccc2c1NS(C)(=O)=O. The molecule has 3 rings (SSSR count). The van der Waals surface area contributed by atoms with Crippen molar-refractivity contribution in [1.82, 2.24) is 0 Å². The van der Waals surface area contributed by atoms with Crippen LogP contribution in [0.25, 0.3) is 21.9 Å². The average molecular weight is 420 g/mol. The van der Waals surface area contributed by atoms with Crippen LogP contribution in [0.5, 0.6) is 5.75 Å². The Morgan fingerprint density at radius 3 is 2.32 bits per heavy atom. The number of aryl methyl sites for hydroxylation is 1. The summed E-state index contributed by atoms with van der Waals surface area (Å²) in [4.78, 5) is 0. The average Bonchev–Trinajstić information content (AvgIpc) is 2.56. The molecule has 0 atom stereocenters. The van der Waals surface area contributed by atoms with Gasteiger partial charge in [0.05, 0.1) is 19.1 Å². The van der Waals surface area contributed by atoms with Gasteiger partial charge in [0.1, 0.15) is 5.75 Å². The van der Waals surface area contributed by atoms with Gasteiger partial charge in [-0.1, -0.05) is 51.8 Å². The lowest BCUT2D eigenvalue weighted by Gasteiger charge is -2.18. The minimum Gasteiger partial charge on any atom is -0.496 e. The molecule has 25 heavy (non-hydrogen) atoms. The van der Waals surface area contributed by atoms with Crippen molar-refractivity contribution in [1.29, 1.82) is 0 Å². The number of methoxy groups -OCH3 is 1. The molecule has 0 radical (unpaired) electrons. The topological polar surface area (TPSA) is 55.4 Å². The summed E-state index contributed by atoms with van der Waals surface area (Å²) in [7, 11) is -1.84. The van der Waals surface area contributed by atoms with Crippen molar-refractivity contribution in [2.75, 3.05) is 18.1 Å². The largest absolute Gasteiger partial charge is 0.496 e. The van der Waals surface area contributed by atoms with Crippen LogP contribution < -0.4 is 9.46 Å². The Kier molecular flexibility index (Phi) is 4.75. The second kappa shape index (κ2) is 6.69. The number of nitrogens with one attached hydrogen (secondary N) is 1. The number of anilines is 1. The molecule has 0 spiro atoms. The van der Waals surface area contributed by atoms with Crippen molar-refractivity contribution in [2.24, 2.45) is 0 Å². The summed E-state index contributed by atoms with van der Waals surface area (Å²) in [5.74, 6) is 0.685. The van der Waals surface area contributed by atoms with Crippen molar-refractivity contribution in [3.63, 3.8) is 0 Å². The quantitative estimate of drug-likeness (QED) is 0.649. The van der Waals surface area contributed by atoms with Crippen LogP contribution >= 0.6 is 15.9 Å². The molecule has 0 bridgehead atoms. The van der Waals surface area contributed by atoms with E-state index in [1.165, 1.54) is 0 Å². The predicted octanol–water partition coefficient (Wildman–Crippen LogP) is 4.96. The first-order valence-electron chi connectivity index (χ1n) is 7.64. The van der Waals surface area contributed by atoms with E-state index in [1.54, 1.807) is 7.11 Å². The summed E-state index contributed by atoms with van der Waals surface area (Å²) in [5, 5.41) is 1.75. The molecule has 0 heterocycles. The van der Waals surface area contributed by atoms with Crippen LogP contribution in [-0.2, 0) is 10.0 Å². The third-order valence-corrected chi connectivity index (χ3v) is 5.16.